The van der Waals surface area contributed by atoms with Gasteiger partial charge in [-0.3, -0.25) is 4.79 Å². The Kier molecular flexibility index (Phi) is 5.25. The van der Waals surface area contributed by atoms with E-state index in [1.54, 1.807) is 0 Å². The number of carbonyl (C=O) groups excluding carboxylic acids is 1. The van der Waals surface area contributed by atoms with Crippen LogP contribution in [0.5, 0.6) is 0 Å². The minimum absolute atomic E-state index is 0.0694. The fourth-order valence-corrected chi connectivity index (χ4v) is 1.77. The van der Waals surface area contributed by atoms with Crippen LogP contribution in [0.4, 0.5) is 0 Å². The van der Waals surface area contributed by atoms with Gasteiger partial charge in [-0.1, -0.05) is 17.7 Å². The number of hydrogen-bond acceptors (Lipinski definition) is 2. The molecule has 0 fully saturated rings. The summed E-state index contributed by atoms with van der Waals surface area (Å²) in [6.07, 6.45) is 0.338. The highest BCUT2D eigenvalue weighted by molar-refractivity contribution is 9.10. The molecule has 3 N–H and O–H groups in total. The predicted molar refractivity (Wildman–Crippen MR) is 69.3 cm³/mol. The molecule has 0 spiro atoms. The summed E-state index contributed by atoms with van der Waals surface area (Å²) < 4.78 is 0.878. The van der Waals surface area contributed by atoms with Crippen LogP contribution in [0.3, 0.4) is 0 Å². The van der Waals surface area contributed by atoms with Crippen molar-refractivity contribution in [1.82, 2.24) is 5.32 Å². The molecule has 0 saturated carbocycles. The van der Waals surface area contributed by atoms with E-state index < -0.39 is 0 Å². The monoisotopic (exact) mass is 304 g/mol. The Bertz CT molecular complexity index is 384. The SMILES string of the molecule is CC(CC(N)=O)NCc1ccc(Br)c(Cl)c1. The summed E-state index contributed by atoms with van der Waals surface area (Å²) in [7, 11) is 0. The molecule has 0 aliphatic rings. The molecule has 0 aliphatic heterocycles. The Morgan fingerprint density at radius 1 is 1.62 bits per heavy atom. The minimum Gasteiger partial charge on any atom is -0.370 e. The molecule has 1 rings (SSSR count). The van der Waals surface area contributed by atoms with Gasteiger partial charge in [0.2, 0.25) is 5.91 Å². The van der Waals surface area contributed by atoms with E-state index in [4.69, 9.17) is 17.3 Å². The molecule has 1 amide bonds. The molecule has 0 heterocycles. The van der Waals surface area contributed by atoms with Gasteiger partial charge in [0.25, 0.3) is 0 Å². The molecule has 1 aromatic carbocycles. The fourth-order valence-electron chi connectivity index (χ4n) is 1.32. The Morgan fingerprint density at radius 3 is 2.88 bits per heavy atom. The van der Waals surface area contributed by atoms with E-state index in [2.05, 4.69) is 21.2 Å². The van der Waals surface area contributed by atoms with Gasteiger partial charge in [-0.05, 0) is 40.5 Å². The first-order valence-corrected chi connectivity index (χ1v) is 6.11. The molecule has 5 heteroatoms. The largest absolute Gasteiger partial charge is 0.370 e. The van der Waals surface area contributed by atoms with E-state index in [1.165, 1.54) is 0 Å². The molecule has 0 saturated heterocycles. The van der Waals surface area contributed by atoms with Crippen LogP contribution in [-0.4, -0.2) is 11.9 Å². The Morgan fingerprint density at radius 2 is 2.31 bits per heavy atom. The van der Waals surface area contributed by atoms with Crippen molar-refractivity contribution >= 4 is 33.4 Å². The summed E-state index contributed by atoms with van der Waals surface area (Å²) in [5, 5.41) is 3.88. The van der Waals surface area contributed by atoms with E-state index in [0.29, 0.717) is 18.0 Å². The minimum atomic E-state index is -0.297. The number of nitrogens with two attached hydrogens (primary N) is 1. The summed E-state index contributed by atoms with van der Waals surface area (Å²) in [6, 6.07) is 5.83. The maximum absolute atomic E-state index is 10.7. The number of nitrogens with one attached hydrogen (secondary N) is 1. The van der Waals surface area contributed by atoms with Gasteiger partial charge >= 0.3 is 0 Å². The van der Waals surface area contributed by atoms with Crippen molar-refractivity contribution < 1.29 is 4.79 Å². The highest BCUT2D eigenvalue weighted by Gasteiger charge is 2.05. The second-order valence-electron chi connectivity index (χ2n) is 3.70. The van der Waals surface area contributed by atoms with Crippen LogP contribution in [0.1, 0.15) is 18.9 Å². The van der Waals surface area contributed by atoms with Crippen LogP contribution in [0.2, 0.25) is 5.02 Å². The van der Waals surface area contributed by atoms with Crippen LogP contribution in [0.25, 0.3) is 0 Å². The Labute approximate surface area is 108 Å². The fraction of sp³-hybridized carbons (Fsp3) is 0.364. The lowest BCUT2D eigenvalue weighted by Crippen LogP contribution is -2.30. The number of amides is 1. The maximum atomic E-state index is 10.7. The smallest absolute Gasteiger partial charge is 0.218 e. The van der Waals surface area contributed by atoms with E-state index in [9.17, 15) is 4.79 Å². The zero-order chi connectivity index (χ0) is 12.1. The summed E-state index contributed by atoms with van der Waals surface area (Å²) in [5.74, 6) is -0.297. The van der Waals surface area contributed by atoms with Crippen molar-refractivity contribution in [3.8, 4) is 0 Å². The molecule has 1 unspecified atom stereocenters. The van der Waals surface area contributed by atoms with Crippen LogP contribution in [-0.2, 0) is 11.3 Å². The molecule has 0 aliphatic carbocycles. The zero-order valence-electron chi connectivity index (χ0n) is 8.97. The van der Waals surface area contributed by atoms with Crippen molar-refractivity contribution in [3.05, 3.63) is 33.3 Å². The number of carbonyl (C=O) groups is 1. The molecular formula is C11H14BrClN2O. The van der Waals surface area contributed by atoms with Gasteiger partial charge in [-0.25, -0.2) is 0 Å². The van der Waals surface area contributed by atoms with Gasteiger partial charge in [0.15, 0.2) is 0 Å². The first-order chi connectivity index (χ1) is 7.49. The second kappa shape index (κ2) is 6.23. The molecule has 1 atom stereocenters. The molecule has 1 aromatic rings. The van der Waals surface area contributed by atoms with Crippen molar-refractivity contribution in [2.75, 3.05) is 0 Å². The molecular weight excluding hydrogens is 291 g/mol. The maximum Gasteiger partial charge on any atom is 0.218 e. The van der Waals surface area contributed by atoms with Gasteiger partial charge in [0.1, 0.15) is 0 Å². The Hall–Kier alpha value is -0.580. The molecule has 0 bridgehead atoms. The number of benzene rings is 1. The third-order valence-corrected chi connectivity index (χ3v) is 3.38. The first kappa shape index (κ1) is 13.5. The van der Waals surface area contributed by atoms with E-state index in [0.717, 1.165) is 10.0 Å². The highest BCUT2D eigenvalue weighted by atomic mass is 79.9. The van der Waals surface area contributed by atoms with Gasteiger partial charge < -0.3 is 11.1 Å². The summed E-state index contributed by atoms with van der Waals surface area (Å²) in [4.78, 5) is 10.7. The number of primary amides is 1. The standard InChI is InChI=1S/C11H14BrClN2O/c1-7(4-11(14)16)15-6-8-2-3-9(12)10(13)5-8/h2-3,5,7,15H,4,6H2,1H3,(H2,14,16). The highest BCUT2D eigenvalue weighted by Crippen LogP contribution is 2.23. The van der Waals surface area contributed by atoms with Crippen molar-refractivity contribution in [2.45, 2.75) is 25.9 Å². The first-order valence-electron chi connectivity index (χ1n) is 4.94. The van der Waals surface area contributed by atoms with Gasteiger partial charge in [-0.15, -0.1) is 0 Å². The van der Waals surface area contributed by atoms with Crippen molar-refractivity contribution in [3.63, 3.8) is 0 Å². The lowest BCUT2D eigenvalue weighted by Gasteiger charge is -2.12. The molecule has 0 radical (unpaired) electrons. The van der Waals surface area contributed by atoms with E-state index >= 15 is 0 Å². The normalized spacial score (nSPS) is 12.4. The van der Waals surface area contributed by atoms with Crippen LogP contribution < -0.4 is 11.1 Å². The average Bonchev–Trinajstić information content (AvgIpc) is 2.19. The number of halogens is 2. The second-order valence-corrected chi connectivity index (χ2v) is 4.96. The quantitative estimate of drug-likeness (QED) is 0.878. The van der Waals surface area contributed by atoms with E-state index in [-0.39, 0.29) is 11.9 Å². The molecule has 3 nitrogen and oxygen atoms in total. The molecule has 16 heavy (non-hydrogen) atoms. The zero-order valence-corrected chi connectivity index (χ0v) is 11.3. The summed E-state index contributed by atoms with van der Waals surface area (Å²) >= 11 is 9.29. The molecule has 88 valence electrons. The van der Waals surface area contributed by atoms with Crippen molar-refractivity contribution in [2.24, 2.45) is 5.73 Å². The predicted octanol–water partition coefficient (Wildman–Crippen LogP) is 2.46. The third-order valence-electron chi connectivity index (χ3n) is 2.15. The van der Waals surface area contributed by atoms with Crippen LogP contribution in [0, 0.1) is 0 Å². The average molecular weight is 306 g/mol. The van der Waals surface area contributed by atoms with Gasteiger partial charge in [0, 0.05) is 23.5 Å². The topological polar surface area (TPSA) is 55.1 Å². The summed E-state index contributed by atoms with van der Waals surface area (Å²) in [5.41, 5.74) is 6.17. The van der Waals surface area contributed by atoms with Gasteiger partial charge in [0.05, 0.1) is 5.02 Å². The lowest BCUT2D eigenvalue weighted by atomic mass is 10.2. The Balaban J connectivity index is 2.48. The van der Waals surface area contributed by atoms with Crippen LogP contribution in [0.15, 0.2) is 22.7 Å². The van der Waals surface area contributed by atoms with Gasteiger partial charge in [-0.2, -0.15) is 0 Å². The summed E-state index contributed by atoms with van der Waals surface area (Å²) in [6.45, 7) is 2.59. The van der Waals surface area contributed by atoms with Crippen LogP contribution >= 0.6 is 27.5 Å². The lowest BCUT2D eigenvalue weighted by molar-refractivity contribution is -0.118. The third kappa shape index (κ3) is 4.51. The number of hydrogen-bond donors (Lipinski definition) is 2. The van der Waals surface area contributed by atoms with Crippen molar-refractivity contribution in [1.29, 1.82) is 0 Å². The molecule has 0 aromatic heterocycles. The van der Waals surface area contributed by atoms with E-state index in [1.807, 2.05) is 25.1 Å². The number of rotatable bonds is 5.